The summed E-state index contributed by atoms with van der Waals surface area (Å²) in [5.74, 6) is 0.464. The van der Waals surface area contributed by atoms with E-state index in [1.165, 1.54) is 24.2 Å². The Kier molecular flexibility index (Phi) is 7.48. The number of aromatic nitrogens is 3. The minimum absolute atomic E-state index is 0.0314. The summed E-state index contributed by atoms with van der Waals surface area (Å²) in [6, 6.07) is 3.79. The zero-order valence-corrected chi connectivity index (χ0v) is 19.3. The maximum absolute atomic E-state index is 13.3. The Morgan fingerprint density at radius 2 is 1.91 bits per heavy atom. The number of ether oxygens (including phenoxy) is 1. The molecule has 0 atom stereocenters. The fourth-order valence-corrected chi connectivity index (χ4v) is 5.27. The van der Waals surface area contributed by atoms with E-state index in [-0.39, 0.29) is 17.3 Å². The largest absolute Gasteiger partial charge is 0.416 e. The summed E-state index contributed by atoms with van der Waals surface area (Å²) in [5.41, 5.74) is -0.0803. The van der Waals surface area contributed by atoms with Crippen molar-refractivity contribution < 1.29 is 22.7 Å². The average Bonchev–Trinajstić information content (AvgIpc) is 3.18. The first-order chi connectivity index (χ1) is 15.8. The highest BCUT2D eigenvalue weighted by Gasteiger charge is 2.32. The quantitative estimate of drug-likeness (QED) is 0.602. The molecule has 11 heteroatoms. The van der Waals surface area contributed by atoms with Crippen LogP contribution in [0, 0.1) is 6.92 Å². The maximum atomic E-state index is 13.3. The van der Waals surface area contributed by atoms with E-state index in [1.807, 2.05) is 11.8 Å². The number of anilines is 2. The van der Waals surface area contributed by atoms with Gasteiger partial charge < -0.3 is 19.5 Å². The molecule has 0 bridgehead atoms. The van der Waals surface area contributed by atoms with Crippen LogP contribution in [0.15, 0.2) is 23.4 Å². The van der Waals surface area contributed by atoms with Crippen LogP contribution < -0.4 is 10.2 Å². The third kappa shape index (κ3) is 5.81. The molecule has 1 aliphatic heterocycles. The summed E-state index contributed by atoms with van der Waals surface area (Å²) in [6.45, 7) is 3.98. The summed E-state index contributed by atoms with van der Waals surface area (Å²) >= 11 is 1.26. The molecule has 1 aliphatic carbocycles. The Hall–Kier alpha value is -2.27. The molecule has 1 aromatic heterocycles. The van der Waals surface area contributed by atoms with Gasteiger partial charge in [0, 0.05) is 19.1 Å². The molecule has 2 heterocycles. The van der Waals surface area contributed by atoms with Crippen molar-refractivity contribution in [2.75, 3.05) is 42.3 Å². The van der Waals surface area contributed by atoms with Crippen molar-refractivity contribution in [2.24, 2.45) is 0 Å². The van der Waals surface area contributed by atoms with E-state index in [1.54, 1.807) is 0 Å². The van der Waals surface area contributed by atoms with Gasteiger partial charge in [0.15, 0.2) is 5.16 Å². The molecule has 7 nitrogen and oxygen atoms in total. The van der Waals surface area contributed by atoms with Crippen LogP contribution in [0.3, 0.4) is 0 Å². The Morgan fingerprint density at radius 1 is 1.18 bits per heavy atom. The van der Waals surface area contributed by atoms with E-state index in [9.17, 15) is 18.0 Å². The summed E-state index contributed by atoms with van der Waals surface area (Å²) in [4.78, 5) is 14.7. The molecular formula is C22H28F3N5O2S. The zero-order chi connectivity index (χ0) is 23.4. The van der Waals surface area contributed by atoms with Gasteiger partial charge in [-0.1, -0.05) is 31.0 Å². The first-order valence-electron chi connectivity index (χ1n) is 11.2. The molecule has 1 saturated heterocycles. The molecule has 1 N–H and O–H groups in total. The zero-order valence-electron chi connectivity index (χ0n) is 18.5. The number of nitrogens with one attached hydrogen (secondary N) is 1. The van der Waals surface area contributed by atoms with E-state index in [4.69, 9.17) is 4.74 Å². The van der Waals surface area contributed by atoms with Gasteiger partial charge in [-0.2, -0.15) is 13.2 Å². The number of halogens is 3. The van der Waals surface area contributed by atoms with Crippen LogP contribution in [0.4, 0.5) is 24.5 Å². The molecule has 0 unspecified atom stereocenters. The molecule has 4 rings (SSSR count). The molecule has 1 amide bonds. The summed E-state index contributed by atoms with van der Waals surface area (Å²) < 4.78 is 47.4. The Labute approximate surface area is 195 Å². The number of rotatable bonds is 6. The van der Waals surface area contributed by atoms with Gasteiger partial charge in [0.05, 0.1) is 35.9 Å². The SMILES string of the molecule is Cc1nnc(SCC(=O)Nc2cc(C(F)(F)F)ccc2N2CCOCC2)n1C1CCCCC1. The predicted molar refractivity (Wildman–Crippen MR) is 121 cm³/mol. The van der Waals surface area contributed by atoms with E-state index >= 15 is 0 Å². The summed E-state index contributed by atoms with van der Waals surface area (Å²) in [5, 5.41) is 11.8. The van der Waals surface area contributed by atoms with Crippen LogP contribution in [0.1, 0.15) is 49.5 Å². The van der Waals surface area contributed by atoms with Crippen molar-refractivity contribution in [3.8, 4) is 0 Å². The van der Waals surface area contributed by atoms with Gasteiger partial charge in [-0.15, -0.1) is 10.2 Å². The maximum Gasteiger partial charge on any atom is 0.416 e. The van der Waals surface area contributed by atoms with Gasteiger partial charge in [0.2, 0.25) is 5.91 Å². The number of hydrogen-bond donors (Lipinski definition) is 1. The highest BCUT2D eigenvalue weighted by molar-refractivity contribution is 7.99. The lowest BCUT2D eigenvalue weighted by atomic mass is 9.95. The van der Waals surface area contributed by atoms with Gasteiger partial charge in [0.25, 0.3) is 0 Å². The van der Waals surface area contributed by atoms with Crippen LogP contribution in [0.2, 0.25) is 0 Å². The number of aryl methyl sites for hydroxylation is 1. The van der Waals surface area contributed by atoms with Crippen molar-refractivity contribution in [1.29, 1.82) is 0 Å². The number of morpholine rings is 1. The molecule has 0 spiro atoms. The van der Waals surface area contributed by atoms with E-state index in [0.717, 1.165) is 43.6 Å². The summed E-state index contributed by atoms with van der Waals surface area (Å²) in [7, 11) is 0. The number of hydrogen-bond acceptors (Lipinski definition) is 6. The van der Waals surface area contributed by atoms with Gasteiger partial charge >= 0.3 is 6.18 Å². The van der Waals surface area contributed by atoms with Crippen molar-refractivity contribution in [3.63, 3.8) is 0 Å². The van der Waals surface area contributed by atoms with E-state index in [0.29, 0.717) is 43.2 Å². The lowest BCUT2D eigenvalue weighted by Gasteiger charge is -2.31. The number of amides is 1. The molecule has 33 heavy (non-hydrogen) atoms. The molecule has 1 saturated carbocycles. The van der Waals surface area contributed by atoms with Crippen LogP contribution in [-0.4, -0.2) is 52.7 Å². The Bertz CT molecular complexity index is 969. The highest BCUT2D eigenvalue weighted by atomic mass is 32.2. The molecule has 180 valence electrons. The average molecular weight is 484 g/mol. The van der Waals surface area contributed by atoms with Gasteiger partial charge in [-0.3, -0.25) is 4.79 Å². The number of carbonyl (C=O) groups is 1. The van der Waals surface area contributed by atoms with Crippen LogP contribution in [-0.2, 0) is 15.7 Å². The minimum atomic E-state index is -4.49. The van der Waals surface area contributed by atoms with Crippen LogP contribution >= 0.6 is 11.8 Å². The lowest BCUT2D eigenvalue weighted by Crippen LogP contribution is -2.37. The number of benzene rings is 1. The molecule has 2 aliphatic rings. The van der Waals surface area contributed by atoms with E-state index in [2.05, 4.69) is 20.1 Å². The number of nitrogens with zero attached hydrogens (tertiary/aromatic N) is 4. The first-order valence-corrected chi connectivity index (χ1v) is 12.2. The van der Waals surface area contributed by atoms with Crippen LogP contribution in [0.5, 0.6) is 0 Å². The minimum Gasteiger partial charge on any atom is -0.378 e. The van der Waals surface area contributed by atoms with Crippen LogP contribution in [0.25, 0.3) is 0 Å². The fourth-order valence-electron chi connectivity index (χ4n) is 4.42. The number of alkyl halides is 3. The van der Waals surface area contributed by atoms with Gasteiger partial charge in [-0.25, -0.2) is 0 Å². The third-order valence-electron chi connectivity index (χ3n) is 6.06. The van der Waals surface area contributed by atoms with Crippen molar-refractivity contribution in [2.45, 2.75) is 56.4 Å². The van der Waals surface area contributed by atoms with Crippen molar-refractivity contribution in [1.82, 2.24) is 14.8 Å². The normalized spacial score (nSPS) is 17.9. The molecule has 1 aromatic carbocycles. The van der Waals surface area contributed by atoms with Gasteiger partial charge in [0.1, 0.15) is 5.82 Å². The predicted octanol–water partition coefficient (Wildman–Crippen LogP) is 4.68. The third-order valence-corrected chi connectivity index (χ3v) is 7.00. The fraction of sp³-hybridized carbons (Fsp3) is 0.591. The van der Waals surface area contributed by atoms with Crippen molar-refractivity contribution in [3.05, 3.63) is 29.6 Å². The lowest BCUT2D eigenvalue weighted by molar-refractivity contribution is -0.137. The van der Waals surface area contributed by atoms with E-state index < -0.39 is 11.7 Å². The Balaban J connectivity index is 1.48. The second kappa shape index (κ2) is 10.3. The van der Waals surface area contributed by atoms with Gasteiger partial charge in [-0.05, 0) is 38.0 Å². The standard InChI is InChI=1S/C22H28F3N5O2S/c1-15-27-28-21(30(15)17-5-3-2-4-6-17)33-14-20(31)26-18-13-16(22(23,24)25)7-8-19(18)29-9-11-32-12-10-29/h7-8,13,17H,2-6,9-12,14H2,1H3,(H,26,31). The molecular weight excluding hydrogens is 455 g/mol. The second-order valence-corrected chi connectivity index (χ2v) is 9.30. The number of carbonyl (C=O) groups excluding carboxylic acids is 1. The first kappa shape index (κ1) is 23.9. The highest BCUT2D eigenvalue weighted by Crippen LogP contribution is 2.36. The van der Waals surface area contributed by atoms with Crippen molar-refractivity contribution >= 4 is 29.0 Å². The molecule has 2 fully saturated rings. The topological polar surface area (TPSA) is 72.3 Å². The smallest absolute Gasteiger partial charge is 0.378 e. The number of thioether (sulfide) groups is 1. The Morgan fingerprint density at radius 3 is 2.61 bits per heavy atom. The molecule has 0 radical (unpaired) electrons. The second-order valence-electron chi connectivity index (χ2n) is 8.36. The monoisotopic (exact) mass is 483 g/mol. The molecule has 2 aromatic rings. The summed E-state index contributed by atoms with van der Waals surface area (Å²) in [6.07, 6.45) is 1.17.